The second-order valence-electron chi connectivity index (χ2n) is 7.17. The summed E-state index contributed by atoms with van der Waals surface area (Å²) in [4.78, 5) is 30.1. The van der Waals surface area contributed by atoms with Crippen molar-refractivity contribution in [3.05, 3.63) is 22.4 Å². The highest BCUT2D eigenvalue weighted by atomic mass is 35.5. The highest BCUT2D eigenvalue weighted by Crippen LogP contribution is 2.23. The quantitative estimate of drug-likeness (QED) is 0.759. The number of piperidine rings is 1. The van der Waals surface area contributed by atoms with Gasteiger partial charge in [0.25, 0.3) is 5.91 Å². The van der Waals surface area contributed by atoms with Gasteiger partial charge in [-0.3, -0.25) is 9.59 Å². The SMILES string of the molecule is CCCN(C(=O)c1cccs1)C1CCN(C(=O)C(C)(N)CCC)CC1.Cl. The van der Waals surface area contributed by atoms with E-state index in [-0.39, 0.29) is 30.3 Å². The van der Waals surface area contributed by atoms with E-state index in [0.29, 0.717) is 19.5 Å². The number of hydrogen-bond donors (Lipinski definition) is 1. The predicted molar refractivity (Wildman–Crippen MR) is 110 cm³/mol. The van der Waals surface area contributed by atoms with Gasteiger partial charge in [-0.05, 0) is 44.1 Å². The average Bonchev–Trinajstić information content (AvgIpc) is 3.13. The summed E-state index contributed by atoms with van der Waals surface area (Å²) >= 11 is 1.49. The van der Waals surface area contributed by atoms with Gasteiger partial charge in [0.1, 0.15) is 0 Å². The van der Waals surface area contributed by atoms with E-state index < -0.39 is 5.54 Å². The lowest BCUT2D eigenvalue weighted by atomic mass is 9.93. The molecule has 148 valence electrons. The van der Waals surface area contributed by atoms with Crippen LogP contribution in [0.25, 0.3) is 0 Å². The molecule has 1 aliphatic heterocycles. The third kappa shape index (κ3) is 5.44. The molecule has 26 heavy (non-hydrogen) atoms. The molecule has 1 fully saturated rings. The molecular formula is C19H32ClN3O2S. The zero-order valence-corrected chi connectivity index (χ0v) is 17.7. The van der Waals surface area contributed by atoms with E-state index in [0.717, 1.165) is 37.1 Å². The molecule has 2 amide bonds. The first-order valence-corrected chi connectivity index (χ1v) is 10.2. The summed E-state index contributed by atoms with van der Waals surface area (Å²) in [5, 5.41) is 1.94. The van der Waals surface area contributed by atoms with Crippen LogP contribution in [0.3, 0.4) is 0 Å². The van der Waals surface area contributed by atoms with Gasteiger partial charge < -0.3 is 15.5 Å². The van der Waals surface area contributed by atoms with Crippen molar-refractivity contribution in [2.45, 2.75) is 64.5 Å². The smallest absolute Gasteiger partial charge is 0.264 e. The Hall–Kier alpha value is -1.11. The molecule has 2 rings (SSSR count). The van der Waals surface area contributed by atoms with E-state index in [1.165, 1.54) is 11.3 Å². The van der Waals surface area contributed by atoms with Crippen LogP contribution in [0.5, 0.6) is 0 Å². The summed E-state index contributed by atoms with van der Waals surface area (Å²) in [6, 6.07) is 4.01. The third-order valence-electron chi connectivity index (χ3n) is 4.91. The van der Waals surface area contributed by atoms with Crippen molar-refractivity contribution < 1.29 is 9.59 Å². The van der Waals surface area contributed by atoms with Crippen molar-refractivity contribution >= 4 is 35.6 Å². The normalized spacial score (nSPS) is 17.3. The van der Waals surface area contributed by atoms with Crippen molar-refractivity contribution in [2.24, 2.45) is 5.73 Å². The van der Waals surface area contributed by atoms with Crippen LogP contribution in [0.15, 0.2) is 17.5 Å². The average molecular weight is 402 g/mol. The molecule has 0 aromatic carbocycles. The lowest BCUT2D eigenvalue weighted by molar-refractivity contribution is -0.138. The van der Waals surface area contributed by atoms with Crippen molar-refractivity contribution in [1.82, 2.24) is 9.80 Å². The zero-order valence-electron chi connectivity index (χ0n) is 16.1. The first-order chi connectivity index (χ1) is 11.9. The van der Waals surface area contributed by atoms with E-state index in [9.17, 15) is 9.59 Å². The molecule has 0 bridgehead atoms. The van der Waals surface area contributed by atoms with E-state index in [1.807, 2.05) is 41.2 Å². The highest BCUT2D eigenvalue weighted by molar-refractivity contribution is 7.12. The standard InChI is InChI=1S/C19H31N3O2S.ClH/c1-4-10-19(3,20)18(24)21-12-8-15(9-13-21)22(11-5-2)17(23)16-7-6-14-25-16;/h6-7,14-15H,4-5,8-13,20H2,1-3H3;1H. The molecular weight excluding hydrogens is 370 g/mol. The number of hydrogen-bond acceptors (Lipinski definition) is 4. The van der Waals surface area contributed by atoms with Crippen LogP contribution in [0.2, 0.25) is 0 Å². The second kappa shape index (κ2) is 10.3. The summed E-state index contributed by atoms with van der Waals surface area (Å²) in [6.45, 7) is 8.09. The number of nitrogens with zero attached hydrogens (tertiary/aromatic N) is 2. The summed E-state index contributed by atoms with van der Waals surface area (Å²) in [5.41, 5.74) is 5.42. The number of thiophene rings is 1. The molecule has 0 aliphatic carbocycles. The minimum atomic E-state index is -0.780. The molecule has 5 nitrogen and oxygen atoms in total. The number of halogens is 1. The maximum absolute atomic E-state index is 12.8. The fourth-order valence-electron chi connectivity index (χ4n) is 3.60. The molecule has 0 spiro atoms. The van der Waals surface area contributed by atoms with Crippen LogP contribution >= 0.6 is 23.7 Å². The Bertz CT molecular complexity index is 569. The third-order valence-corrected chi connectivity index (χ3v) is 5.77. The monoisotopic (exact) mass is 401 g/mol. The number of likely N-dealkylation sites (tertiary alicyclic amines) is 1. The maximum atomic E-state index is 12.8. The largest absolute Gasteiger partial charge is 0.341 e. The Morgan fingerprint density at radius 3 is 2.46 bits per heavy atom. The van der Waals surface area contributed by atoms with Crippen LogP contribution in [0, 0.1) is 0 Å². The Balaban J connectivity index is 0.00000338. The summed E-state index contributed by atoms with van der Waals surface area (Å²) in [5.74, 6) is 0.163. The second-order valence-corrected chi connectivity index (χ2v) is 8.11. The summed E-state index contributed by atoms with van der Waals surface area (Å²) in [6.07, 6.45) is 4.18. The van der Waals surface area contributed by atoms with Crippen molar-refractivity contribution in [2.75, 3.05) is 19.6 Å². The van der Waals surface area contributed by atoms with Crippen LogP contribution in [-0.4, -0.2) is 52.8 Å². The van der Waals surface area contributed by atoms with Gasteiger partial charge in [-0.1, -0.05) is 26.3 Å². The van der Waals surface area contributed by atoms with Gasteiger partial charge in [-0.2, -0.15) is 0 Å². The lowest BCUT2D eigenvalue weighted by Crippen LogP contribution is -2.57. The molecule has 1 aromatic rings. The molecule has 7 heteroatoms. The van der Waals surface area contributed by atoms with Gasteiger partial charge in [0, 0.05) is 25.7 Å². The maximum Gasteiger partial charge on any atom is 0.264 e. The van der Waals surface area contributed by atoms with Gasteiger partial charge >= 0.3 is 0 Å². The number of carbonyl (C=O) groups is 2. The predicted octanol–water partition coefficient (Wildman–Crippen LogP) is 3.53. The van der Waals surface area contributed by atoms with Gasteiger partial charge in [-0.15, -0.1) is 23.7 Å². The van der Waals surface area contributed by atoms with Crippen molar-refractivity contribution in [3.8, 4) is 0 Å². The molecule has 1 aliphatic rings. The van der Waals surface area contributed by atoms with Gasteiger partial charge in [0.05, 0.1) is 10.4 Å². The van der Waals surface area contributed by atoms with E-state index in [2.05, 4.69) is 6.92 Å². The molecule has 1 atom stereocenters. The molecule has 0 saturated carbocycles. The number of amides is 2. The van der Waals surface area contributed by atoms with Crippen LogP contribution < -0.4 is 5.73 Å². The molecule has 0 radical (unpaired) electrons. The Kier molecular flexibility index (Phi) is 9.07. The van der Waals surface area contributed by atoms with Crippen LogP contribution in [0.1, 0.15) is 62.5 Å². The number of rotatable bonds is 7. The molecule has 1 saturated heterocycles. The van der Waals surface area contributed by atoms with E-state index in [4.69, 9.17) is 5.73 Å². The summed E-state index contributed by atoms with van der Waals surface area (Å²) in [7, 11) is 0. The fourth-order valence-corrected chi connectivity index (χ4v) is 4.28. The Labute approximate surface area is 167 Å². The first kappa shape index (κ1) is 22.9. The van der Waals surface area contributed by atoms with Gasteiger partial charge in [0.2, 0.25) is 5.91 Å². The van der Waals surface area contributed by atoms with E-state index in [1.54, 1.807) is 0 Å². The molecule has 2 heterocycles. The minimum Gasteiger partial charge on any atom is -0.341 e. The first-order valence-electron chi connectivity index (χ1n) is 9.33. The van der Waals surface area contributed by atoms with E-state index >= 15 is 0 Å². The Morgan fingerprint density at radius 2 is 1.96 bits per heavy atom. The summed E-state index contributed by atoms with van der Waals surface area (Å²) < 4.78 is 0. The molecule has 2 N–H and O–H groups in total. The van der Waals surface area contributed by atoms with Crippen LogP contribution in [-0.2, 0) is 4.79 Å². The van der Waals surface area contributed by atoms with Crippen molar-refractivity contribution in [3.63, 3.8) is 0 Å². The Morgan fingerprint density at radius 1 is 1.31 bits per heavy atom. The number of nitrogens with two attached hydrogens (primary N) is 1. The zero-order chi connectivity index (χ0) is 18.4. The van der Waals surface area contributed by atoms with Crippen LogP contribution in [0.4, 0.5) is 0 Å². The van der Waals surface area contributed by atoms with Crippen molar-refractivity contribution in [1.29, 1.82) is 0 Å². The minimum absolute atomic E-state index is 0. The number of carbonyl (C=O) groups excluding carboxylic acids is 2. The van der Waals surface area contributed by atoms with Gasteiger partial charge in [0.15, 0.2) is 0 Å². The topological polar surface area (TPSA) is 66.6 Å². The lowest BCUT2D eigenvalue weighted by Gasteiger charge is -2.40. The molecule has 1 aromatic heterocycles. The van der Waals surface area contributed by atoms with Gasteiger partial charge in [-0.25, -0.2) is 0 Å². The highest BCUT2D eigenvalue weighted by Gasteiger charge is 2.35. The fraction of sp³-hybridized carbons (Fsp3) is 0.684. The molecule has 1 unspecified atom stereocenters.